The summed E-state index contributed by atoms with van der Waals surface area (Å²) in [6, 6.07) is 2.39. The van der Waals surface area contributed by atoms with Gasteiger partial charge < -0.3 is 5.32 Å². The molecule has 1 aliphatic rings. The number of nitrogens with one attached hydrogen (secondary N) is 1. The van der Waals surface area contributed by atoms with Crippen LogP contribution in [0.1, 0.15) is 29.7 Å². The van der Waals surface area contributed by atoms with E-state index in [1.54, 1.807) is 6.07 Å². The minimum atomic E-state index is -4.62. The highest BCUT2D eigenvalue weighted by molar-refractivity contribution is 8.00. The summed E-state index contributed by atoms with van der Waals surface area (Å²) >= 11 is 0.851. The number of aryl methyl sites for hydroxylation is 1. The summed E-state index contributed by atoms with van der Waals surface area (Å²) in [6.45, 7) is 2.02. The maximum Gasteiger partial charge on any atom is 0.417 e. The van der Waals surface area contributed by atoms with E-state index in [-0.39, 0.29) is 22.4 Å². The Balaban J connectivity index is 2.10. The van der Waals surface area contributed by atoms with Gasteiger partial charge in [-0.25, -0.2) is 4.98 Å². The molecule has 0 bridgehead atoms. The molecule has 0 saturated heterocycles. The second kappa shape index (κ2) is 6.57. The Kier molecular flexibility index (Phi) is 4.96. The van der Waals surface area contributed by atoms with Gasteiger partial charge in [0, 0.05) is 12.2 Å². The first-order valence-corrected chi connectivity index (χ1v) is 7.68. The molecule has 0 atom stereocenters. The van der Waals surface area contributed by atoms with Gasteiger partial charge in [-0.15, -0.1) is 0 Å². The molecule has 1 amide bonds. The number of carbonyl (C=O) groups is 1. The molecule has 2 rings (SSSR count). The fourth-order valence-electron chi connectivity index (χ4n) is 1.85. The second-order valence-corrected chi connectivity index (χ2v) is 6.10. The molecule has 0 unspecified atom stereocenters. The lowest BCUT2D eigenvalue weighted by atomic mass is 10.1. The maximum absolute atomic E-state index is 12.9. The van der Waals surface area contributed by atoms with E-state index >= 15 is 0 Å². The Morgan fingerprint density at radius 3 is 2.77 bits per heavy atom. The van der Waals surface area contributed by atoms with Crippen molar-refractivity contribution in [1.82, 2.24) is 10.3 Å². The number of halogens is 3. The molecule has 118 valence electrons. The zero-order valence-corrected chi connectivity index (χ0v) is 12.6. The third-order valence-corrected chi connectivity index (χ3v) is 4.13. The monoisotopic (exact) mass is 329 g/mol. The summed E-state index contributed by atoms with van der Waals surface area (Å²) < 4.78 is 38.8. The Morgan fingerprint density at radius 1 is 1.55 bits per heavy atom. The van der Waals surface area contributed by atoms with E-state index in [0.717, 1.165) is 30.7 Å². The lowest BCUT2D eigenvalue weighted by Crippen LogP contribution is -2.27. The number of amides is 1. The number of rotatable bonds is 5. The van der Waals surface area contributed by atoms with Crippen molar-refractivity contribution in [3.63, 3.8) is 0 Å². The largest absolute Gasteiger partial charge is 0.417 e. The molecular weight excluding hydrogens is 315 g/mol. The highest BCUT2D eigenvalue weighted by atomic mass is 32.2. The first kappa shape index (κ1) is 16.6. The van der Waals surface area contributed by atoms with Gasteiger partial charge in [0.05, 0.1) is 16.9 Å². The fraction of sp³-hybridized carbons (Fsp3) is 0.500. The molecule has 0 spiro atoms. The van der Waals surface area contributed by atoms with Crippen LogP contribution >= 0.6 is 11.8 Å². The molecule has 4 nitrogen and oxygen atoms in total. The summed E-state index contributed by atoms with van der Waals surface area (Å²) in [7, 11) is 0. The number of alkyl halides is 3. The fourth-order valence-corrected chi connectivity index (χ4v) is 2.72. The van der Waals surface area contributed by atoms with E-state index in [1.807, 2.05) is 0 Å². The van der Waals surface area contributed by atoms with Crippen LogP contribution in [0.5, 0.6) is 0 Å². The van der Waals surface area contributed by atoms with Gasteiger partial charge in [0.25, 0.3) is 0 Å². The number of pyridine rings is 1. The van der Waals surface area contributed by atoms with Crippen molar-refractivity contribution in [2.24, 2.45) is 5.92 Å². The van der Waals surface area contributed by atoms with Gasteiger partial charge in [-0.05, 0) is 31.7 Å². The highest BCUT2D eigenvalue weighted by Crippen LogP contribution is 2.35. The van der Waals surface area contributed by atoms with Crippen LogP contribution in [0.15, 0.2) is 11.1 Å². The predicted molar refractivity (Wildman–Crippen MR) is 75.1 cm³/mol. The predicted octanol–water partition coefficient (Wildman–Crippen LogP) is 2.90. The molecule has 1 aromatic heterocycles. The molecule has 1 N–H and O–H groups in total. The molecule has 1 fully saturated rings. The molecule has 0 radical (unpaired) electrons. The summed E-state index contributed by atoms with van der Waals surface area (Å²) in [6.07, 6.45) is -2.43. The maximum atomic E-state index is 12.9. The van der Waals surface area contributed by atoms with Crippen LogP contribution in [-0.2, 0) is 11.0 Å². The molecule has 8 heteroatoms. The van der Waals surface area contributed by atoms with E-state index in [9.17, 15) is 18.0 Å². The second-order valence-electron chi connectivity index (χ2n) is 5.14. The smallest absolute Gasteiger partial charge is 0.355 e. The van der Waals surface area contributed by atoms with Gasteiger partial charge in [0.2, 0.25) is 5.91 Å². The average Bonchev–Trinajstić information content (AvgIpc) is 3.25. The summed E-state index contributed by atoms with van der Waals surface area (Å²) in [4.78, 5) is 15.6. The number of aromatic nitrogens is 1. The Labute approximate surface area is 130 Å². The Bertz CT molecular complexity index is 621. The quantitative estimate of drug-likeness (QED) is 0.844. The van der Waals surface area contributed by atoms with Crippen LogP contribution < -0.4 is 5.32 Å². The van der Waals surface area contributed by atoms with Crippen molar-refractivity contribution in [2.45, 2.75) is 31.0 Å². The van der Waals surface area contributed by atoms with E-state index in [0.29, 0.717) is 12.5 Å². The van der Waals surface area contributed by atoms with Gasteiger partial charge >= 0.3 is 6.18 Å². The molecule has 0 aromatic carbocycles. The number of hydrogen-bond acceptors (Lipinski definition) is 4. The van der Waals surface area contributed by atoms with Crippen molar-refractivity contribution in [1.29, 1.82) is 5.26 Å². The summed E-state index contributed by atoms with van der Waals surface area (Å²) in [5, 5.41) is 11.7. The van der Waals surface area contributed by atoms with E-state index in [4.69, 9.17) is 5.26 Å². The molecule has 22 heavy (non-hydrogen) atoms. The number of nitriles is 1. The van der Waals surface area contributed by atoms with Crippen LogP contribution in [0.25, 0.3) is 0 Å². The minimum Gasteiger partial charge on any atom is -0.355 e. The van der Waals surface area contributed by atoms with Crippen LogP contribution in [-0.4, -0.2) is 23.2 Å². The van der Waals surface area contributed by atoms with E-state index in [1.165, 1.54) is 6.92 Å². The first-order chi connectivity index (χ1) is 10.3. The number of hydrogen-bond donors (Lipinski definition) is 1. The lowest BCUT2D eigenvalue weighted by molar-refractivity contribution is -0.138. The van der Waals surface area contributed by atoms with Gasteiger partial charge in [-0.3, -0.25) is 4.79 Å². The molecular formula is C14H14F3N3OS. The molecule has 1 aromatic rings. The van der Waals surface area contributed by atoms with Crippen molar-refractivity contribution in [2.75, 3.05) is 12.3 Å². The van der Waals surface area contributed by atoms with Gasteiger partial charge in [-0.1, -0.05) is 11.8 Å². The first-order valence-electron chi connectivity index (χ1n) is 6.69. The van der Waals surface area contributed by atoms with Crippen molar-refractivity contribution >= 4 is 17.7 Å². The lowest BCUT2D eigenvalue weighted by Gasteiger charge is -2.12. The Morgan fingerprint density at radius 2 is 2.23 bits per heavy atom. The van der Waals surface area contributed by atoms with Gasteiger partial charge in [-0.2, -0.15) is 18.4 Å². The van der Waals surface area contributed by atoms with Crippen LogP contribution in [0.4, 0.5) is 13.2 Å². The zero-order valence-electron chi connectivity index (χ0n) is 11.8. The standard InChI is InChI=1S/C14H14F3N3OS/c1-8-4-11(14(15,16)17)10(5-18)13(20-8)22-7-12(21)19-6-9-2-3-9/h4,9H,2-3,6-7H2,1H3,(H,19,21). The number of carbonyl (C=O) groups excluding carboxylic acids is 1. The normalized spacial score (nSPS) is 14.5. The van der Waals surface area contributed by atoms with Crippen LogP contribution in [0, 0.1) is 24.2 Å². The topological polar surface area (TPSA) is 65.8 Å². The van der Waals surface area contributed by atoms with Gasteiger partial charge in [0.1, 0.15) is 11.1 Å². The minimum absolute atomic E-state index is 0.0589. The van der Waals surface area contributed by atoms with Crippen LogP contribution in [0.3, 0.4) is 0 Å². The summed E-state index contributed by atoms with van der Waals surface area (Å²) in [5.74, 6) is 0.199. The van der Waals surface area contributed by atoms with E-state index in [2.05, 4.69) is 10.3 Å². The van der Waals surface area contributed by atoms with Gasteiger partial charge in [0.15, 0.2) is 0 Å². The number of thioether (sulfide) groups is 1. The Hall–Kier alpha value is -1.75. The van der Waals surface area contributed by atoms with Crippen molar-refractivity contribution in [3.8, 4) is 6.07 Å². The summed E-state index contributed by atoms with van der Waals surface area (Å²) in [5.41, 5.74) is -1.38. The third-order valence-electron chi connectivity index (χ3n) is 3.16. The highest BCUT2D eigenvalue weighted by Gasteiger charge is 2.35. The number of nitrogens with zero attached hydrogens (tertiary/aromatic N) is 2. The van der Waals surface area contributed by atoms with E-state index < -0.39 is 17.3 Å². The third kappa shape index (κ3) is 4.37. The molecule has 1 saturated carbocycles. The SMILES string of the molecule is Cc1cc(C(F)(F)F)c(C#N)c(SCC(=O)NCC2CC2)n1. The van der Waals surface area contributed by atoms with Crippen LogP contribution in [0.2, 0.25) is 0 Å². The van der Waals surface area contributed by atoms with Crippen molar-refractivity contribution < 1.29 is 18.0 Å². The molecule has 1 aliphatic carbocycles. The molecule has 1 heterocycles. The zero-order chi connectivity index (χ0) is 16.3. The average molecular weight is 329 g/mol. The van der Waals surface area contributed by atoms with Crippen molar-refractivity contribution in [3.05, 3.63) is 22.9 Å². The molecule has 0 aliphatic heterocycles.